The molecule has 0 aliphatic carbocycles. The molecule has 176 valence electrons. The molecular weight excluding hydrogens is 462 g/mol. The summed E-state index contributed by atoms with van der Waals surface area (Å²) in [6, 6.07) is 21.5. The van der Waals surface area contributed by atoms with Gasteiger partial charge in [0.1, 0.15) is 0 Å². The van der Waals surface area contributed by atoms with Gasteiger partial charge in [0.25, 0.3) is 5.56 Å². The minimum atomic E-state index is -0.378. The highest BCUT2D eigenvalue weighted by molar-refractivity contribution is 6.30. The summed E-state index contributed by atoms with van der Waals surface area (Å²) in [5.41, 5.74) is 2.02. The second kappa shape index (κ2) is 8.13. The van der Waals surface area contributed by atoms with Crippen LogP contribution < -0.4 is 16.1 Å². The number of hydrogen-bond acceptors (Lipinski definition) is 4. The average Bonchev–Trinajstić information content (AvgIpc) is 3.25. The molecule has 8 heteroatoms. The van der Waals surface area contributed by atoms with Crippen molar-refractivity contribution in [2.24, 2.45) is 13.0 Å². The summed E-state index contributed by atoms with van der Waals surface area (Å²) < 4.78 is 4.77. The second-order valence-corrected chi connectivity index (χ2v) is 9.69. The molecule has 0 saturated carbocycles. The molecule has 1 aliphatic heterocycles. The standard InChI is InChI=1S/C27H24ClN5O2/c1-17-14-31(21-12-10-20(28)11-13-21)26-29-24-23(32(26)15-17)25(34)33(27(35)30(24)2)16-19-8-5-7-18-6-3-4-9-22(18)19/h3-13,17H,14-16H2,1-2H3/t17-/m0/s1. The molecule has 3 heterocycles. The van der Waals surface area contributed by atoms with Crippen LogP contribution in [0, 0.1) is 5.92 Å². The van der Waals surface area contributed by atoms with E-state index in [1.807, 2.05) is 71.3 Å². The lowest BCUT2D eigenvalue weighted by Gasteiger charge is -2.33. The van der Waals surface area contributed by atoms with Gasteiger partial charge in [-0.1, -0.05) is 61.0 Å². The van der Waals surface area contributed by atoms with E-state index in [9.17, 15) is 9.59 Å². The van der Waals surface area contributed by atoms with Gasteiger partial charge in [0.15, 0.2) is 11.2 Å². The fourth-order valence-electron chi connectivity index (χ4n) is 5.08. The van der Waals surface area contributed by atoms with Crippen molar-refractivity contribution in [3.8, 4) is 0 Å². The predicted molar refractivity (Wildman–Crippen MR) is 140 cm³/mol. The van der Waals surface area contributed by atoms with E-state index in [0.717, 1.165) is 28.6 Å². The summed E-state index contributed by atoms with van der Waals surface area (Å²) in [5, 5.41) is 2.76. The lowest BCUT2D eigenvalue weighted by atomic mass is 10.0. The number of hydrogen-bond donors (Lipinski definition) is 0. The van der Waals surface area contributed by atoms with Crippen LogP contribution in [0.25, 0.3) is 21.9 Å². The summed E-state index contributed by atoms with van der Waals surface area (Å²) >= 11 is 6.10. The molecule has 0 spiro atoms. The number of nitrogens with zero attached hydrogens (tertiary/aromatic N) is 5. The molecule has 1 atom stereocenters. The first kappa shape index (κ1) is 21.7. The highest BCUT2D eigenvalue weighted by Crippen LogP contribution is 2.33. The van der Waals surface area contributed by atoms with E-state index in [1.165, 1.54) is 9.13 Å². The van der Waals surface area contributed by atoms with Crippen molar-refractivity contribution in [2.75, 3.05) is 11.4 Å². The highest BCUT2D eigenvalue weighted by atomic mass is 35.5. The molecular formula is C27H24ClN5O2. The number of imidazole rings is 1. The van der Waals surface area contributed by atoms with Crippen LogP contribution in [0.3, 0.4) is 0 Å². The van der Waals surface area contributed by atoms with E-state index in [-0.39, 0.29) is 23.7 Å². The Morgan fingerprint density at radius 3 is 2.51 bits per heavy atom. The Labute approximate surface area is 206 Å². The van der Waals surface area contributed by atoms with E-state index in [4.69, 9.17) is 16.6 Å². The maximum absolute atomic E-state index is 13.8. The summed E-state index contributed by atoms with van der Waals surface area (Å²) in [4.78, 5) is 34.1. The van der Waals surface area contributed by atoms with Crippen LogP contribution in [0.4, 0.5) is 11.6 Å². The maximum atomic E-state index is 13.8. The van der Waals surface area contributed by atoms with Crippen molar-refractivity contribution >= 4 is 45.2 Å². The van der Waals surface area contributed by atoms with Gasteiger partial charge in [-0.05, 0) is 46.5 Å². The lowest BCUT2D eigenvalue weighted by Crippen LogP contribution is -2.40. The number of rotatable bonds is 3. The van der Waals surface area contributed by atoms with E-state index in [1.54, 1.807) is 7.05 Å². The Hall–Kier alpha value is -3.84. The van der Waals surface area contributed by atoms with Crippen LogP contribution in [0.2, 0.25) is 5.02 Å². The first-order chi connectivity index (χ1) is 16.9. The van der Waals surface area contributed by atoms with Gasteiger partial charge in [-0.15, -0.1) is 0 Å². The first-order valence-electron chi connectivity index (χ1n) is 11.6. The molecule has 0 saturated heterocycles. The van der Waals surface area contributed by atoms with Crippen molar-refractivity contribution in [1.82, 2.24) is 18.7 Å². The number of aryl methyl sites for hydroxylation is 1. The summed E-state index contributed by atoms with van der Waals surface area (Å²) in [6.07, 6.45) is 0. The average molecular weight is 486 g/mol. The Morgan fingerprint density at radius 2 is 1.71 bits per heavy atom. The largest absolute Gasteiger partial charge is 0.332 e. The molecule has 3 aromatic carbocycles. The Morgan fingerprint density at radius 1 is 0.971 bits per heavy atom. The third-order valence-corrected chi connectivity index (χ3v) is 7.04. The fourth-order valence-corrected chi connectivity index (χ4v) is 5.21. The van der Waals surface area contributed by atoms with Gasteiger partial charge in [-0.25, -0.2) is 4.79 Å². The lowest BCUT2D eigenvalue weighted by molar-refractivity contribution is 0.458. The third-order valence-electron chi connectivity index (χ3n) is 6.79. The van der Waals surface area contributed by atoms with Crippen molar-refractivity contribution in [1.29, 1.82) is 0 Å². The van der Waals surface area contributed by atoms with Crippen molar-refractivity contribution in [3.05, 3.63) is 98.2 Å². The van der Waals surface area contributed by atoms with Crippen LogP contribution in [0.15, 0.2) is 76.3 Å². The van der Waals surface area contributed by atoms with Gasteiger partial charge in [-0.3, -0.25) is 13.9 Å². The molecule has 0 N–H and O–H groups in total. The van der Waals surface area contributed by atoms with Crippen LogP contribution in [-0.2, 0) is 20.1 Å². The number of halogens is 1. The molecule has 0 unspecified atom stereocenters. The maximum Gasteiger partial charge on any atom is 0.332 e. The van der Waals surface area contributed by atoms with Crippen molar-refractivity contribution in [2.45, 2.75) is 20.0 Å². The summed E-state index contributed by atoms with van der Waals surface area (Å²) in [7, 11) is 1.68. The van der Waals surface area contributed by atoms with E-state index < -0.39 is 0 Å². The zero-order chi connectivity index (χ0) is 24.3. The molecule has 6 rings (SSSR count). The SMILES string of the molecule is C[C@H]1CN(c2ccc(Cl)cc2)c2nc3c(c(=O)n(Cc4cccc5ccccc45)c(=O)n3C)n2C1. The fraction of sp³-hybridized carbons (Fsp3) is 0.222. The minimum Gasteiger partial charge on any atom is -0.312 e. The van der Waals surface area contributed by atoms with Crippen LogP contribution in [-0.4, -0.2) is 25.2 Å². The Balaban J connectivity index is 1.55. The topological polar surface area (TPSA) is 65.1 Å². The van der Waals surface area contributed by atoms with Crippen molar-refractivity contribution in [3.63, 3.8) is 0 Å². The number of aromatic nitrogens is 4. The van der Waals surface area contributed by atoms with Crippen LogP contribution in [0.5, 0.6) is 0 Å². The predicted octanol–water partition coefficient (Wildman–Crippen LogP) is 4.54. The van der Waals surface area contributed by atoms with Crippen molar-refractivity contribution < 1.29 is 0 Å². The zero-order valence-electron chi connectivity index (χ0n) is 19.5. The molecule has 5 aromatic rings. The van der Waals surface area contributed by atoms with Gasteiger partial charge in [-0.2, -0.15) is 4.98 Å². The number of benzene rings is 3. The van der Waals surface area contributed by atoms with Gasteiger partial charge in [0.2, 0.25) is 5.95 Å². The van der Waals surface area contributed by atoms with E-state index >= 15 is 0 Å². The third kappa shape index (κ3) is 3.46. The normalized spacial score (nSPS) is 15.6. The molecule has 0 amide bonds. The molecule has 35 heavy (non-hydrogen) atoms. The number of fused-ring (bicyclic) bond motifs is 4. The first-order valence-corrected chi connectivity index (χ1v) is 12.0. The molecule has 7 nitrogen and oxygen atoms in total. The van der Waals surface area contributed by atoms with Gasteiger partial charge in [0, 0.05) is 30.8 Å². The second-order valence-electron chi connectivity index (χ2n) is 9.26. The monoisotopic (exact) mass is 485 g/mol. The highest BCUT2D eigenvalue weighted by Gasteiger charge is 2.30. The summed E-state index contributed by atoms with van der Waals surface area (Å²) in [5.74, 6) is 0.939. The molecule has 2 aromatic heterocycles. The number of anilines is 2. The van der Waals surface area contributed by atoms with E-state index in [0.29, 0.717) is 28.7 Å². The Kier molecular flexibility index (Phi) is 5.04. The van der Waals surface area contributed by atoms with Gasteiger partial charge < -0.3 is 9.47 Å². The Bertz CT molecular complexity index is 1710. The molecule has 0 bridgehead atoms. The van der Waals surface area contributed by atoms with Gasteiger partial charge >= 0.3 is 5.69 Å². The molecule has 1 aliphatic rings. The molecule has 0 fully saturated rings. The zero-order valence-corrected chi connectivity index (χ0v) is 20.2. The van der Waals surface area contributed by atoms with Crippen LogP contribution >= 0.6 is 11.6 Å². The van der Waals surface area contributed by atoms with Crippen LogP contribution in [0.1, 0.15) is 12.5 Å². The minimum absolute atomic E-state index is 0.194. The van der Waals surface area contributed by atoms with Gasteiger partial charge in [0.05, 0.1) is 6.54 Å². The quantitative estimate of drug-likeness (QED) is 0.376. The van der Waals surface area contributed by atoms with E-state index in [2.05, 4.69) is 11.8 Å². The summed E-state index contributed by atoms with van der Waals surface area (Å²) in [6.45, 7) is 3.74. The smallest absolute Gasteiger partial charge is 0.312 e. The molecule has 0 radical (unpaired) electrons.